The number of aryl methyl sites for hydroxylation is 1. The maximum absolute atomic E-state index is 4.55. The molecule has 1 saturated heterocycles. The van der Waals surface area contributed by atoms with Crippen LogP contribution in [0.5, 0.6) is 0 Å². The minimum Gasteiger partial charge on any atom is -0.373 e. The van der Waals surface area contributed by atoms with Crippen LogP contribution in [0.15, 0.2) is 6.07 Å². The number of nitrogens with zero attached hydrogens (tertiary/aromatic N) is 3. The van der Waals surface area contributed by atoms with Crippen molar-refractivity contribution in [2.24, 2.45) is 5.92 Å². The van der Waals surface area contributed by atoms with E-state index in [1.807, 2.05) is 20.0 Å². The first-order chi connectivity index (χ1) is 8.72. The molecule has 18 heavy (non-hydrogen) atoms. The van der Waals surface area contributed by atoms with Crippen LogP contribution in [-0.2, 0) is 0 Å². The Balaban J connectivity index is 2.02. The minimum absolute atomic E-state index is 0.840. The number of piperidine rings is 1. The van der Waals surface area contributed by atoms with Crippen molar-refractivity contribution in [2.45, 2.75) is 39.5 Å². The van der Waals surface area contributed by atoms with Gasteiger partial charge in [0, 0.05) is 26.2 Å². The van der Waals surface area contributed by atoms with Crippen LogP contribution in [0.25, 0.3) is 0 Å². The molecule has 0 aromatic carbocycles. The Morgan fingerprint density at radius 2 is 2.06 bits per heavy atom. The second kappa shape index (κ2) is 6.03. The number of hydrogen-bond donors (Lipinski definition) is 1. The molecular weight excluding hydrogens is 224 g/mol. The molecular formula is C14H24N4. The van der Waals surface area contributed by atoms with E-state index in [1.165, 1.54) is 25.7 Å². The Bertz CT molecular complexity index is 383. The van der Waals surface area contributed by atoms with Crippen molar-refractivity contribution in [1.29, 1.82) is 0 Å². The van der Waals surface area contributed by atoms with Gasteiger partial charge in [-0.1, -0.05) is 19.8 Å². The van der Waals surface area contributed by atoms with Gasteiger partial charge in [-0.3, -0.25) is 0 Å². The van der Waals surface area contributed by atoms with E-state index in [4.69, 9.17) is 0 Å². The zero-order valence-corrected chi connectivity index (χ0v) is 11.7. The number of rotatable bonds is 4. The molecule has 1 fully saturated rings. The molecule has 2 rings (SSSR count). The lowest BCUT2D eigenvalue weighted by atomic mass is 9.92. The van der Waals surface area contributed by atoms with Crippen molar-refractivity contribution in [3.63, 3.8) is 0 Å². The standard InChI is InChI=1S/C14H24N4/c1-4-5-12-6-8-18(9-7-12)14-10-13(15-3)16-11(2)17-14/h10,12H,4-9H2,1-3H3,(H,15,16,17). The van der Waals surface area contributed by atoms with Gasteiger partial charge in [-0.15, -0.1) is 0 Å². The summed E-state index contributed by atoms with van der Waals surface area (Å²) in [6.07, 6.45) is 5.27. The number of anilines is 2. The van der Waals surface area contributed by atoms with Gasteiger partial charge in [0.2, 0.25) is 0 Å². The SMILES string of the molecule is CCCC1CCN(c2cc(NC)nc(C)n2)CC1. The van der Waals surface area contributed by atoms with Crippen molar-refractivity contribution in [3.8, 4) is 0 Å². The van der Waals surface area contributed by atoms with E-state index in [2.05, 4.69) is 27.1 Å². The molecule has 1 aromatic rings. The van der Waals surface area contributed by atoms with E-state index in [0.717, 1.165) is 36.5 Å². The van der Waals surface area contributed by atoms with Crippen molar-refractivity contribution >= 4 is 11.6 Å². The quantitative estimate of drug-likeness (QED) is 0.889. The van der Waals surface area contributed by atoms with Crippen molar-refractivity contribution in [3.05, 3.63) is 11.9 Å². The Morgan fingerprint density at radius 1 is 1.33 bits per heavy atom. The Kier molecular flexibility index (Phi) is 4.39. The Morgan fingerprint density at radius 3 is 2.67 bits per heavy atom. The van der Waals surface area contributed by atoms with E-state index >= 15 is 0 Å². The van der Waals surface area contributed by atoms with E-state index in [-0.39, 0.29) is 0 Å². The third-order valence-corrected chi connectivity index (χ3v) is 3.72. The minimum atomic E-state index is 0.840. The molecule has 4 heteroatoms. The highest BCUT2D eigenvalue weighted by molar-refractivity contribution is 5.49. The summed E-state index contributed by atoms with van der Waals surface area (Å²) in [5.74, 6) is 3.74. The molecule has 4 nitrogen and oxygen atoms in total. The monoisotopic (exact) mass is 248 g/mol. The average molecular weight is 248 g/mol. The molecule has 0 spiro atoms. The van der Waals surface area contributed by atoms with Crippen LogP contribution in [0.3, 0.4) is 0 Å². The molecule has 0 radical (unpaired) electrons. The molecule has 0 saturated carbocycles. The van der Waals surface area contributed by atoms with Crippen LogP contribution in [0, 0.1) is 12.8 Å². The topological polar surface area (TPSA) is 41.0 Å². The number of aromatic nitrogens is 2. The van der Waals surface area contributed by atoms with E-state index < -0.39 is 0 Å². The predicted octanol–water partition coefficient (Wildman–Crippen LogP) is 2.84. The molecule has 100 valence electrons. The van der Waals surface area contributed by atoms with Crippen LogP contribution >= 0.6 is 0 Å². The van der Waals surface area contributed by atoms with Crippen LogP contribution < -0.4 is 10.2 Å². The van der Waals surface area contributed by atoms with Gasteiger partial charge in [-0.2, -0.15) is 0 Å². The average Bonchev–Trinajstić information content (AvgIpc) is 2.39. The van der Waals surface area contributed by atoms with Gasteiger partial charge >= 0.3 is 0 Å². The van der Waals surface area contributed by atoms with Crippen molar-refractivity contribution in [2.75, 3.05) is 30.4 Å². The zero-order valence-electron chi connectivity index (χ0n) is 11.7. The largest absolute Gasteiger partial charge is 0.373 e. The van der Waals surface area contributed by atoms with E-state index in [1.54, 1.807) is 0 Å². The maximum atomic E-state index is 4.55. The molecule has 0 unspecified atom stereocenters. The fraction of sp³-hybridized carbons (Fsp3) is 0.714. The van der Waals surface area contributed by atoms with Crippen LogP contribution in [0.4, 0.5) is 11.6 Å². The smallest absolute Gasteiger partial charge is 0.134 e. The third kappa shape index (κ3) is 3.12. The summed E-state index contributed by atoms with van der Waals surface area (Å²) in [6.45, 7) is 6.49. The predicted molar refractivity (Wildman–Crippen MR) is 76.2 cm³/mol. The van der Waals surface area contributed by atoms with Crippen LogP contribution in [0.2, 0.25) is 0 Å². The second-order valence-electron chi connectivity index (χ2n) is 5.13. The van der Waals surface area contributed by atoms with Crippen molar-refractivity contribution < 1.29 is 0 Å². The molecule has 1 aliphatic heterocycles. The highest BCUT2D eigenvalue weighted by Gasteiger charge is 2.20. The van der Waals surface area contributed by atoms with Gasteiger partial charge in [0.25, 0.3) is 0 Å². The van der Waals surface area contributed by atoms with E-state index in [0.29, 0.717) is 0 Å². The summed E-state index contributed by atoms with van der Waals surface area (Å²) in [4.78, 5) is 11.3. The van der Waals surface area contributed by atoms with Gasteiger partial charge in [-0.25, -0.2) is 9.97 Å². The summed E-state index contributed by atoms with van der Waals surface area (Å²) >= 11 is 0. The summed E-state index contributed by atoms with van der Waals surface area (Å²) in [5, 5.41) is 3.10. The Labute approximate surface area is 110 Å². The first-order valence-electron chi connectivity index (χ1n) is 7.01. The van der Waals surface area contributed by atoms with Gasteiger partial charge in [0.1, 0.15) is 17.5 Å². The summed E-state index contributed by atoms with van der Waals surface area (Å²) in [6, 6.07) is 2.05. The van der Waals surface area contributed by atoms with Gasteiger partial charge in [0.05, 0.1) is 0 Å². The molecule has 0 amide bonds. The molecule has 0 bridgehead atoms. The summed E-state index contributed by atoms with van der Waals surface area (Å²) in [7, 11) is 1.90. The van der Waals surface area contributed by atoms with Crippen LogP contribution in [-0.4, -0.2) is 30.1 Å². The second-order valence-corrected chi connectivity index (χ2v) is 5.13. The van der Waals surface area contributed by atoms with Gasteiger partial charge < -0.3 is 10.2 Å². The van der Waals surface area contributed by atoms with E-state index in [9.17, 15) is 0 Å². The molecule has 0 atom stereocenters. The lowest BCUT2D eigenvalue weighted by molar-refractivity contribution is 0.377. The summed E-state index contributed by atoms with van der Waals surface area (Å²) < 4.78 is 0. The molecule has 2 heterocycles. The first kappa shape index (κ1) is 13.1. The van der Waals surface area contributed by atoms with Crippen LogP contribution in [0.1, 0.15) is 38.4 Å². The normalized spacial score (nSPS) is 16.9. The number of hydrogen-bond acceptors (Lipinski definition) is 4. The van der Waals surface area contributed by atoms with Crippen molar-refractivity contribution in [1.82, 2.24) is 9.97 Å². The number of nitrogens with one attached hydrogen (secondary N) is 1. The fourth-order valence-electron chi connectivity index (χ4n) is 2.70. The molecule has 1 aromatic heterocycles. The molecule has 1 aliphatic rings. The molecule has 1 N–H and O–H groups in total. The lowest BCUT2D eigenvalue weighted by Crippen LogP contribution is -2.34. The highest BCUT2D eigenvalue weighted by Crippen LogP contribution is 2.25. The van der Waals surface area contributed by atoms with Gasteiger partial charge in [-0.05, 0) is 25.7 Å². The highest BCUT2D eigenvalue weighted by atomic mass is 15.2. The zero-order chi connectivity index (χ0) is 13.0. The third-order valence-electron chi connectivity index (χ3n) is 3.72. The Hall–Kier alpha value is -1.32. The maximum Gasteiger partial charge on any atom is 0.134 e. The fourth-order valence-corrected chi connectivity index (χ4v) is 2.70. The molecule has 0 aliphatic carbocycles. The summed E-state index contributed by atoms with van der Waals surface area (Å²) in [5.41, 5.74) is 0. The lowest BCUT2D eigenvalue weighted by Gasteiger charge is -2.32. The van der Waals surface area contributed by atoms with Gasteiger partial charge in [0.15, 0.2) is 0 Å². The first-order valence-corrected chi connectivity index (χ1v) is 7.01.